The Morgan fingerprint density at radius 3 is 2.27 bits per heavy atom. The number of para-hydroxylation sites is 1. The van der Waals surface area contributed by atoms with E-state index in [1.165, 1.54) is 66.6 Å². The van der Waals surface area contributed by atoms with Crippen molar-refractivity contribution in [2.45, 2.75) is 38.5 Å². The van der Waals surface area contributed by atoms with Gasteiger partial charge in [0.25, 0.3) is 0 Å². The molecule has 6 aromatic carbocycles. The van der Waals surface area contributed by atoms with Crippen molar-refractivity contribution >= 4 is 51.2 Å². The molecule has 0 radical (unpaired) electrons. The van der Waals surface area contributed by atoms with Gasteiger partial charge in [-0.25, -0.2) is 4.98 Å². The van der Waals surface area contributed by atoms with E-state index in [2.05, 4.69) is 182 Å². The molecule has 3 heterocycles. The lowest BCUT2D eigenvalue weighted by atomic mass is 9.81. The molecule has 5 aliphatic rings. The van der Waals surface area contributed by atoms with Gasteiger partial charge in [-0.1, -0.05) is 178 Å². The first-order chi connectivity index (χ1) is 32.5. The average Bonchev–Trinajstić information content (AvgIpc) is 4.02. The SMILES string of the molecule is CC1(C)c2ccccc2-c2c(C3=CC4CC4C(c4cccc5c6c(n(-c7nc(-c8ccccc8)nc(-c8ccc9c%10c(oc9c8)C=CCC=C%10)n7)c45)-c4ccccc4CC=C6)=C3)cccc21. The summed E-state index contributed by atoms with van der Waals surface area (Å²) in [6, 6.07) is 48.3. The smallest absolute Gasteiger partial charge is 0.238 e. The molecule has 3 aromatic heterocycles. The van der Waals surface area contributed by atoms with Crippen LogP contribution in [0.15, 0.2) is 168 Å². The topological polar surface area (TPSA) is 56.7 Å². The van der Waals surface area contributed by atoms with Crippen LogP contribution in [0.5, 0.6) is 0 Å². The van der Waals surface area contributed by atoms with Crippen LogP contribution in [0.2, 0.25) is 0 Å². The van der Waals surface area contributed by atoms with E-state index in [4.69, 9.17) is 19.4 Å². The molecule has 1 saturated carbocycles. The molecule has 14 rings (SSSR count). The van der Waals surface area contributed by atoms with Gasteiger partial charge in [0.15, 0.2) is 11.6 Å². The average molecular weight is 849 g/mol. The Morgan fingerprint density at radius 2 is 1.36 bits per heavy atom. The summed E-state index contributed by atoms with van der Waals surface area (Å²) in [5, 5.41) is 2.26. The summed E-state index contributed by atoms with van der Waals surface area (Å²) in [4.78, 5) is 16.2. The molecule has 0 aliphatic heterocycles. The molecule has 2 atom stereocenters. The molecule has 0 saturated heterocycles. The molecule has 0 spiro atoms. The van der Waals surface area contributed by atoms with E-state index in [9.17, 15) is 0 Å². The lowest BCUT2D eigenvalue weighted by molar-refractivity contribution is 0.603. The van der Waals surface area contributed by atoms with Gasteiger partial charge in [-0.2, -0.15) is 9.97 Å². The molecular weight excluding hydrogens is 805 g/mol. The number of hydrogen-bond acceptors (Lipinski definition) is 4. The minimum absolute atomic E-state index is 0.0704. The van der Waals surface area contributed by atoms with Crippen molar-refractivity contribution in [2.75, 3.05) is 0 Å². The van der Waals surface area contributed by atoms with E-state index in [1.807, 2.05) is 18.2 Å². The maximum atomic E-state index is 6.49. The van der Waals surface area contributed by atoms with Crippen molar-refractivity contribution < 1.29 is 4.42 Å². The third-order valence-corrected chi connectivity index (χ3v) is 14.8. The fourth-order valence-corrected chi connectivity index (χ4v) is 11.5. The summed E-state index contributed by atoms with van der Waals surface area (Å²) in [6.07, 6.45) is 21.1. The predicted molar refractivity (Wildman–Crippen MR) is 270 cm³/mol. The molecule has 5 nitrogen and oxygen atoms in total. The van der Waals surface area contributed by atoms with Gasteiger partial charge in [-0.15, -0.1) is 0 Å². The molecular formula is C61H44N4O. The highest BCUT2D eigenvalue weighted by Gasteiger charge is 2.44. The third kappa shape index (κ3) is 5.56. The summed E-state index contributed by atoms with van der Waals surface area (Å²) in [7, 11) is 0. The zero-order valence-corrected chi connectivity index (χ0v) is 36.8. The van der Waals surface area contributed by atoms with Crippen molar-refractivity contribution in [3.05, 3.63) is 209 Å². The molecule has 5 aliphatic carbocycles. The van der Waals surface area contributed by atoms with Crippen LogP contribution >= 0.6 is 0 Å². The number of allylic oxidation sites excluding steroid dienone is 7. The zero-order chi connectivity index (χ0) is 43.7. The third-order valence-electron chi connectivity index (χ3n) is 14.8. The number of rotatable bonds is 5. The zero-order valence-electron chi connectivity index (χ0n) is 36.8. The fraction of sp³-hybridized carbons (Fsp3) is 0.131. The van der Waals surface area contributed by atoms with Gasteiger partial charge in [0.1, 0.15) is 11.3 Å². The maximum absolute atomic E-state index is 6.49. The van der Waals surface area contributed by atoms with Gasteiger partial charge >= 0.3 is 0 Å². The van der Waals surface area contributed by atoms with E-state index in [0.29, 0.717) is 29.4 Å². The lowest BCUT2D eigenvalue weighted by Gasteiger charge is -2.22. The lowest BCUT2D eigenvalue weighted by Crippen LogP contribution is -2.14. The van der Waals surface area contributed by atoms with Crippen LogP contribution in [0.25, 0.3) is 102 Å². The van der Waals surface area contributed by atoms with Gasteiger partial charge < -0.3 is 4.42 Å². The number of nitrogens with zero attached hydrogens (tertiary/aromatic N) is 4. The van der Waals surface area contributed by atoms with E-state index in [1.54, 1.807) is 0 Å². The Bertz CT molecular complexity index is 3720. The normalized spacial score (nSPS) is 18.1. The standard InChI is InChI=1S/C61H44N4O/c1-61(2)51-27-12-11-22-48(51)55-41(23-15-28-52(55)61)39-32-40-33-49(40)50(34-39)47-26-14-25-46-45-24-13-19-36-16-9-10-20-42(36)56(45)65(57(46)47)60-63-58(37-17-5-3-6-18-37)62-59(64-60)38-30-31-44-43-21-7-4-8-29-53(43)66-54(44)35-38/h3,5-18,20-32,34-35,40,49H,4,19,33H2,1-2H3. The Hall–Kier alpha value is -7.89. The highest BCUT2D eigenvalue weighted by atomic mass is 16.3. The van der Waals surface area contributed by atoms with Crippen LogP contribution in [-0.2, 0) is 11.8 Å². The number of furan rings is 1. The Labute approximate surface area is 383 Å². The molecule has 0 amide bonds. The number of aromatic nitrogens is 4. The Morgan fingerprint density at radius 1 is 0.621 bits per heavy atom. The highest BCUT2D eigenvalue weighted by Crippen LogP contribution is 2.58. The van der Waals surface area contributed by atoms with E-state index in [0.717, 1.165) is 63.9 Å². The van der Waals surface area contributed by atoms with E-state index < -0.39 is 0 Å². The number of benzene rings is 6. The summed E-state index contributed by atoms with van der Waals surface area (Å²) in [5.74, 6) is 3.57. The highest BCUT2D eigenvalue weighted by molar-refractivity contribution is 6.07. The van der Waals surface area contributed by atoms with Crippen molar-refractivity contribution in [3.8, 4) is 51.1 Å². The largest absolute Gasteiger partial charge is 0.456 e. The molecule has 2 unspecified atom stereocenters. The molecule has 0 N–H and O–H groups in total. The van der Waals surface area contributed by atoms with Gasteiger partial charge in [0.05, 0.1) is 11.2 Å². The molecule has 9 aromatic rings. The van der Waals surface area contributed by atoms with Gasteiger partial charge in [0, 0.05) is 49.6 Å². The van der Waals surface area contributed by atoms with Crippen molar-refractivity contribution in [2.24, 2.45) is 11.8 Å². The van der Waals surface area contributed by atoms with Crippen LogP contribution in [0.3, 0.4) is 0 Å². The van der Waals surface area contributed by atoms with Crippen LogP contribution < -0.4 is 0 Å². The van der Waals surface area contributed by atoms with Crippen molar-refractivity contribution in [3.63, 3.8) is 0 Å². The van der Waals surface area contributed by atoms with Crippen molar-refractivity contribution in [1.29, 1.82) is 0 Å². The molecule has 66 heavy (non-hydrogen) atoms. The van der Waals surface area contributed by atoms with Crippen LogP contribution in [-0.4, -0.2) is 19.5 Å². The Balaban J connectivity index is 1.02. The summed E-state index contributed by atoms with van der Waals surface area (Å²) < 4.78 is 8.86. The van der Waals surface area contributed by atoms with Gasteiger partial charge in [-0.3, -0.25) is 4.57 Å². The molecule has 314 valence electrons. The number of hydrogen-bond donors (Lipinski definition) is 0. The second kappa shape index (κ2) is 14.1. The fourth-order valence-electron chi connectivity index (χ4n) is 11.5. The summed E-state index contributed by atoms with van der Waals surface area (Å²) in [5.41, 5.74) is 20.2. The number of fused-ring (bicyclic) bond motifs is 12. The molecule has 0 bridgehead atoms. The minimum atomic E-state index is -0.0704. The van der Waals surface area contributed by atoms with Crippen molar-refractivity contribution in [1.82, 2.24) is 19.5 Å². The summed E-state index contributed by atoms with van der Waals surface area (Å²) >= 11 is 0. The van der Waals surface area contributed by atoms with E-state index >= 15 is 0 Å². The van der Waals surface area contributed by atoms with Crippen LogP contribution in [0, 0.1) is 11.8 Å². The Kier molecular flexibility index (Phi) is 7.98. The molecule has 1 fully saturated rings. The first-order valence-electron chi connectivity index (χ1n) is 23.3. The van der Waals surface area contributed by atoms with Crippen LogP contribution in [0.4, 0.5) is 0 Å². The summed E-state index contributed by atoms with van der Waals surface area (Å²) in [6.45, 7) is 4.74. The second-order valence-electron chi connectivity index (χ2n) is 19.0. The first kappa shape index (κ1) is 37.5. The van der Waals surface area contributed by atoms with Gasteiger partial charge in [0.2, 0.25) is 5.95 Å². The van der Waals surface area contributed by atoms with Gasteiger partial charge in [-0.05, 0) is 93.8 Å². The van der Waals surface area contributed by atoms with E-state index in [-0.39, 0.29) is 5.41 Å². The first-order valence-corrected chi connectivity index (χ1v) is 23.3. The maximum Gasteiger partial charge on any atom is 0.238 e. The second-order valence-corrected chi connectivity index (χ2v) is 19.0. The minimum Gasteiger partial charge on any atom is -0.456 e. The predicted octanol–water partition coefficient (Wildman–Crippen LogP) is 15.0. The quantitative estimate of drug-likeness (QED) is 0.173. The van der Waals surface area contributed by atoms with Crippen LogP contribution in [0.1, 0.15) is 71.4 Å². The monoisotopic (exact) mass is 848 g/mol. The molecule has 5 heteroatoms.